The number of aliphatic hydroxyl groups is 7. The second kappa shape index (κ2) is 11.2. The van der Waals surface area contributed by atoms with E-state index in [0.29, 0.717) is 31.3 Å². The van der Waals surface area contributed by atoms with Gasteiger partial charge in [0.2, 0.25) is 0 Å². The third-order valence-corrected chi connectivity index (χ3v) is 8.61. The van der Waals surface area contributed by atoms with E-state index in [0.717, 1.165) is 18.4 Å². The summed E-state index contributed by atoms with van der Waals surface area (Å²) in [6.45, 7) is 9.09. The molecular formula is C26H44O9. The predicted octanol–water partition coefficient (Wildman–Crippen LogP) is 0.385. The van der Waals surface area contributed by atoms with E-state index >= 15 is 0 Å². The summed E-state index contributed by atoms with van der Waals surface area (Å²) >= 11 is 0. The van der Waals surface area contributed by atoms with Gasteiger partial charge < -0.3 is 45.2 Å². The molecule has 2 aliphatic carbocycles. The fourth-order valence-corrected chi connectivity index (χ4v) is 6.21. The molecule has 9 heteroatoms. The van der Waals surface area contributed by atoms with Crippen LogP contribution in [0.3, 0.4) is 0 Å². The zero-order valence-corrected chi connectivity index (χ0v) is 21.1. The first-order valence-electron chi connectivity index (χ1n) is 12.7. The van der Waals surface area contributed by atoms with Crippen LogP contribution in [0, 0.1) is 17.3 Å². The molecule has 3 rings (SSSR count). The van der Waals surface area contributed by atoms with Crippen molar-refractivity contribution in [2.75, 3.05) is 13.2 Å². The molecule has 35 heavy (non-hydrogen) atoms. The van der Waals surface area contributed by atoms with Crippen LogP contribution in [0.4, 0.5) is 0 Å². The number of hydrogen-bond acceptors (Lipinski definition) is 9. The van der Waals surface area contributed by atoms with Crippen molar-refractivity contribution in [3.05, 3.63) is 23.8 Å². The number of aliphatic hydroxyl groups excluding tert-OH is 6. The Hall–Kier alpha value is -0.880. The highest BCUT2D eigenvalue weighted by molar-refractivity contribution is 5.16. The summed E-state index contributed by atoms with van der Waals surface area (Å²) in [5, 5.41) is 72.2. The quantitative estimate of drug-likeness (QED) is 0.265. The Balaban J connectivity index is 1.86. The lowest BCUT2D eigenvalue weighted by atomic mass is 9.67. The largest absolute Gasteiger partial charge is 0.394 e. The molecule has 0 spiro atoms. The number of ether oxygens (including phenoxy) is 2. The highest BCUT2D eigenvalue weighted by atomic mass is 16.7. The Morgan fingerprint density at radius 1 is 1.06 bits per heavy atom. The maximum absolute atomic E-state index is 11.2. The minimum absolute atomic E-state index is 0.00328. The molecule has 0 aromatic carbocycles. The van der Waals surface area contributed by atoms with Crippen molar-refractivity contribution in [2.24, 2.45) is 17.3 Å². The van der Waals surface area contributed by atoms with Crippen LogP contribution in [-0.4, -0.2) is 97.5 Å². The molecule has 202 valence electrons. The first kappa shape index (κ1) is 28.7. The van der Waals surface area contributed by atoms with Gasteiger partial charge in [0.1, 0.15) is 24.4 Å². The van der Waals surface area contributed by atoms with E-state index in [9.17, 15) is 35.7 Å². The first-order chi connectivity index (χ1) is 16.3. The first-order valence-corrected chi connectivity index (χ1v) is 12.7. The Labute approximate surface area is 207 Å². The zero-order valence-electron chi connectivity index (χ0n) is 21.1. The van der Waals surface area contributed by atoms with Crippen LogP contribution in [0.25, 0.3) is 0 Å². The Morgan fingerprint density at radius 3 is 2.34 bits per heavy atom. The molecule has 1 saturated carbocycles. The van der Waals surface area contributed by atoms with Crippen LogP contribution >= 0.6 is 0 Å². The van der Waals surface area contributed by atoms with Gasteiger partial charge in [-0.15, -0.1) is 0 Å². The summed E-state index contributed by atoms with van der Waals surface area (Å²) in [6.07, 6.45) is -3.03. The summed E-state index contributed by atoms with van der Waals surface area (Å²) in [5.41, 5.74) is 0.00334. The van der Waals surface area contributed by atoms with Gasteiger partial charge in [-0.2, -0.15) is 0 Å². The van der Waals surface area contributed by atoms with Crippen molar-refractivity contribution in [3.63, 3.8) is 0 Å². The van der Waals surface area contributed by atoms with Crippen LogP contribution in [0.2, 0.25) is 0 Å². The summed E-state index contributed by atoms with van der Waals surface area (Å²) in [7, 11) is 0. The maximum Gasteiger partial charge on any atom is 0.187 e. The minimum atomic E-state index is -1.54. The standard InChI is InChI=1S/C26H44O9/c1-14-5-7-17-16(25(2,3)33)9-10-26(17,4)20(29)11-15(12-27)6-8-18(14)34-24-23(32)22(31)21(30)19(13-28)35-24/h11,16-24,27-33H,1,5-10,12-13H2,2-4H3/b15-11-/t16-,17+,18+,19+,20+,21-,22-,23+,24-,26+/m1/s1. The second-order valence-electron chi connectivity index (χ2n) is 11.4. The smallest absolute Gasteiger partial charge is 0.187 e. The molecule has 9 nitrogen and oxygen atoms in total. The molecule has 3 aliphatic rings. The topological polar surface area (TPSA) is 160 Å². The summed E-state index contributed by atoms with van der Waals surface area (Å²) in [6, 6.07) is 0. The molecule has 0 amide bonds. The van der Waals surface area contributed by atoms with Crippen molar-refractivity contribution in [2.45, 2.75) is 108 Å². The molecule has 1 heterocycles. The van der Waals surface area contributed by atoms with E-state index < -0.39 is 60.5 Å². The summed E-state index contributed by atoms with van der Waals surface area (Å²) in [5.74, 6) is -0.0250. The lowest BCUT2D eigenvalue weighted by Gasteiger charge is -2.42. The molecule has 1 aliphatic heterocycles. The maximum atomic E-state index is 11.2. The summed E-state index contributed by atoms with van der Waals surface area (Å²) in [4.78, 5) is 0. The molecule has 2 fully saturated rings. The normalized spacial score (nSPS) is 45.4. The minimum Gasteiger partial charge on any atom is -0.394 e. The van der Waals surface area contributed by atoms with E-state index in [1.165, 1.54) is 0 Å². The van der Waals surface area contributed by atoms with Crippen LogP contribution in [0.1, 0.15) is 59.3 Å². The molecule has 0 aromatic rings. The van der Waals surface area contributed by atoms with Crippen molar-refractivity contribution >= 4 is 0 Å². The monoisotopic (exact) mass is 500 g/mol. The van der Waals surface area contributed by atoms with E-state index in [2.05, 4.69) is 6.58 Å². The number of rotatable bonds is 5. The molecular weight excluding hydrogens is 456 g/mol. The van der Waals surface area contributed by atoms with E-state index in [4.69, 9.17) is 9.47 Å². The molecule has 0 unspecified atom stereocenters. The van der Waals surface area contributed by atoms with E-state index in [1.807, 2.05) is 6.92 Å². The Kier molecular flexibility index (Phi) is 9.22. The molecule has 0 aromatic heterocycles. The van der Waals surface area contributed by atoms with Crippen molar-refractivity contribution in [1.29, 1.82) is 0 Å². The van der Waals surface area contributed by atoms with E-state index in [-0.39, 0.29) is 18.4 Å². The highest BCUT2D eigenvalue weighted by Gasteiger charge is 2.52. The van der Waals surface area contributed by atoms with Gasteiger partial charge in [-0.1, -0.05) is 19.6 Å². The Morgan fingerprint density at radius 2 is 1.74 bits per heavy atom. The third-order valence-electron chi connectivity index (χ3n) is 8.61. The van der Waals surface area contributed by atoms with Crippen LogP contribution < -0.4 is 0 Å². The fraction of sp³-hybridized carbons (Fsp3) is 0.846. The molecule has 7 N–H and O–H groups in total. The molecule has 0 radical (unpaired) electrons. The van der Waals surface area contributed by atoms with Crippen molar-refractivity contribution in [1.82, 2.24) is 0 Å². The van der Waals surface area contributed by atoms with Crippen LogP contribution in [0.15, 0.2) is 23.8 Å². The van der Waals surface area contributed by atoms with Gasteiger partial charge in [-0.25, -0.2) is 0 Å². The van der Waals surface area contributed by atoms with Crippen LogP contribution in [-0.2, 0) is 9.47 Å². The lowest BCUT2D eigenvalue weighted by molar-refractivity contribution is -0.308. The van der Waals surface area contributed by atoms with Gasteiger partial charge in [0.15, 0.2) is 6.29 Å². The van der Waals surface area contributed by atoms with Crippen molar-refractivity contribution < 1.29 is 45.2 Å². The van der Waals surface area contributed by atoms with E-state index in [1.54, 1.807) is 19.9 Å². The SMILES string of the molecule is C=C1CC[C@H]2[C@H](C(C)(C)O)CC[C@]2(C)[C@@H](O)/C=C(\CO)CC[C@@H]1O[C@@H]1O[C@@H](CO)[C@@H](O)[C@@H](O)[C@@H]1O. The Bertz CT molecular complexity index is 760. The van der Waals surface area contributed by atoms with Gasteiger partial charge in [-0.3, -0.25) is 0 Å². The number of hydrogen-bond donors (Lipinski definition) is 7. The van der Waals surface area contributed by atoms with Gasteiger partial charge in [-0.05, 0) is 75.4 Å². The number of fused-ring (bicyclic) bond motifs is 1. The van der Waals surface area contributed by atoms with Gasteiger partial charge in [0.05, 0.1) is 31.0 Å². The predicted molar refractivity (Wildman–Crippen MR) is 128 cm³/mol. The van der Waals surface area contributed by atoms with Gasteiger partial charge >= 0.3 is 0 Å². The molecule has 1 saturated heterocycles. The zero-order chi connectivity index (χ0) is 26.1. The summed E-state index contributed by atoms with van der Waals surface area (Å²) < 4.78 is 11.6. The van der Waals surface area contributed by atoms with Crippen molar-refractivity contribution in [3.8, 4) is 0 Å². The average Bonchev–Trinajstić information content (AvgIpc) is 3.15. The third kappa shape index (κ3) is 6.00. The van der Waals surface area contributed by atoms with Crippen LogP contribution in [0.5, 0.6) is 0 Å². The van der Waals surface area contributed by atoms with Gasteiger partial charge in [0, 0.05) is 5.41 Å². The average molecular weight is 501 g/mol. The van der Waals surface area contributed by atoms with Gasteiger partial charge in [0.25, 0.3) is 0 Å². The fourth-order valence-electron chi connectivity index (χ4n) is 6.21. The highest BCUT2D eigenvalue weighted by Crippen LogP contribution is 2.55. The molecule has 10 atom stereocenters. The second-order valence-corrected chi connectivity index (χ2v) is 11.4. The lowest BCUT2D eigenvalue weighted by Crippen LogP contribution is -2.59. The molecule has 0 bridgehead atoms.